The van der Waals surface area contributed by atoms with Crippen molar-refractivity contribution < 1.29 is 18.7 Å². The Hall–Kier alpha value is -1.91. The first-order valence-corrected chi connectivity index (χ1v) is 6.16. The molecule has 0 heterocycles. The number of carbonyl (C=O) groups excluding carboxylic acids is 1. The monoisotopic (exact) mass is 267 g/mol. The molecule has 0 aliphatic rings. The van der Waals surface area contributed by atoms with Gasteiger partial charge in [-0.1, -0.05) is 30.3 Å². The molecule has 0 aromatic heterocycles. The van der Waals surface area contributed by atoms with E-state index in [0.29, 0.717) is 5.56 Å². The number of hydrogen-bond acceptors (Lipinski definition) is 4. The normalized spacial score (nSPS) is 13.4. The second-order valence-corrected chi connectivity index (χ2v) is 3.95. The molecule has 0 aliphatic carbocycles. The summed E-state index contributed by atoms with van der Waals surface area (Å²) in [5.74, 6) is -1.80. The fourth-order valence-electron chi connectivity index (χ4n) is 1.63. The zero-order valence-electron chi connectivity index (χ0n) is 11.1. The van der Waals surface area contributed by atoms with Gasteiger partial charge in [0.25, 0.3) is 5.67 Å². The smallest absolute Gasteiger partial charge is 0.354 e. The van der Waals surface area contributed by atoms with Crippen LogP contribution in [0.2, 0.25) is 0 Å². The van der Waals surface area contributed by atoms with Crippen LogP contribution in [-0.2, 0) is 20.7 Å². The summed E-state index contributed by atoms with van der Waals surface area (Å²) in [6.45, 7) is 3.39. The van der Waals surface area contributed by atoms with E-state index < -0.39 is 17.5 Å². The number of carbonyl (C=O) groups is 1. The van der Waals surface area contributed by atoms with E-state index in [9.17, 15) is 9.18 Å². The fraction of sp³-hybridized carbons (Fsp3) is 0.429. The minimum Gasteiger partial charge on any atom is -0.479 e. The van der Waals surface area contributed by atoms with Crippen LogP contribution >= 0.6 is 0 Å². The van der Waals surface area contributed by atoms with E-state index in [1.165, 1.54) is 0 Å². The van der Waals surface area contributed by atoms with E-state index in [1.54, 1.807) is 44.2 Å². The van der Waals surface area contributed by atoms with Crippen molar-refractivity contribution in [3.05, 3.63) is 35.9 Å². The van der Waals surface area contributed by atoms with E-state index in [0.717, 1.165) is 0 Å². The van der Waals surface area contributed by atoms with Gasteiger partial charge in [-0.3, -0.25) is 5.41 Å². The average molecular weight is 267 g/mol. The van der Waals surface area contributed by atoms with E-state index in [4.69, 9.17) is 14.9 Å². The van der Waals surface area contributed by atoms with Crippen molar-refractivity contribution in [1.82, 2.24) is 0 Å². The first-order valence-electron chi connectivity index (χ1n) is 6.16. The lowest BCUT2D eigenvalue weighted by Gasteiger charge is -2.23. The molecule has 1 rings (SSSR count). The first-order chi connectivity index (χ1) is 9.04. The molecule has 1 atom stereocenters. The lowest BCUT2D eigenvalue weighted by molar-refractivity contribution is -0.153. The largest absolute Gasteiger partial charge is 0.479 e. The van der Waals surface area contributed by atoms with E-state index in [1.807, 2.05) is 0 Å². The van der Waals surface area contributed by atoms with Gasteiger partial charge in [0.1, 0.15) is 0 Å². The van der Waals surface area contributed by atoms with E-state index in [-0.39, 0.29) is 19.6 Å². The van der Waals surface area contributed by atoms with Crippen molar-refractivity contribution >= 4 is 11.9 Å². The van der Waals surface area contributed by atoms with Crippen LogP contribution in [0.5, 0.6) is 0 Å². The highest BCUT2D eigenvalue weighted by molar-refractivity contribution is 6.05. The third-order valence-corrected chi connectivity index (χ3v) is 2.54. The van der Waals surface area contributed by atoms with Crippen LogP contribution < -0.4 is 0 Å². The third-order valence-electron chi connectivity index (χ3n) is 2.54. The third kappa shape index (κ3) is 3.77. The van der Waals surface area contributed by atoms with Crippen LogP contribution in [0, 0.1) is 5.41 Å². The van der Waals surface area contributed by atoms with Gasteiger partial charge in [0.15, 0.2) is 0 Å². The molecule has 0 bridgehead atoms. The summed E-state index contributed by atoms with van der Waals surface area (Å²) >= 11 is 0. The predicted molar refractivity (Wildman–Crippen MR) is 70.0 cm³/mol. The molecule has 0 saturated heterocycles. The molecule has 0 radical (unpaired) electrons. The molecule has 104 valence electrons. The van der Waals surface area contributed by atoms with Crippen LogP contribution in [0.15, 0.2) is 30.3 Å². The average Bonchev–Trinajstić information content (AvgIpc) is 2.40. The molecule has 1 aromatic carbocycles. The Bertz CT molecular complexity index is 416. The minimum absolute atomic E-state index is 0.0543. The summed E-state index contributed by atoms with van der Waals surface area (Å²) < 4.78 is 24.4. The minimum atomic E-state index is -2.58. The Morgan fingerprint density at radius 2 is 1.79 bits per heavy atom. The number of esters is 1. The van der Waals surface area contributed by atoms with Crippen molar-refractivity contribution in [1.29, 1.82) is 5.41 Å². The lowest BCUT2D eigenvalue weighted by Crippen LogP contribution is -2.46. The molecule has 19 heavy (non-hydrogen) atoms. The van der Waals surface area contributed by atoms with Gasteiger partial charge in [-0.15, -0.1) is 0 Å². The van der Waals surface area contributed by atoms with Crippen LogP contribution in [0.3, 0.4) is 0 Å². The van der Waals surface area contributed by atoms with Crippen molar-refractivity contribution in [3.8, 4) is 0 Å². The summed E-state index contributed by atoms with van der Waals surface area (Å²) in [5, 5.41) is 7.60. The van der Waals surface area contributed by atoms with Crippen molar-refractivity contribution in [2.75, 3.05) is 13.2 Å². The van der Waals surface area contributed by atoms with Gasteiger partial charge in [-0.25, -0.2) is 9.18 Å². The zero-order valence-corrected chi connectivity index (χ0v) is 11.1. The fourth-order valence-corrected chi connectivity index (χ4v) is 1.63. The van der Waals surface area contributed by atoms with Gasteiger partial charge in [0.05, 0.1) is 13.2 Å². The zero-order chi connectivity index (χ0) is 14.3. The molecule has 1 N–H and O–H groups in total. The second-order valence-electron chi connectivity index (χ2n) is 3.95. The van der Waals surface area contributed by atoms with Gasteiger partial charge in [-0.05, 0) is 19.4 Å². The molecule has 0 saturated carbocycles. The number of halogens is 1. The number of ether oxygens (including phenoxy) is 2. The summed E-state index contributed by atoms with van der Waals surface area (Å²) in [6, 6.07) is 8.65. The quantitative estimate of drug-likeness (QED) is 0.489. The molecule has 0 fully saturated rings. The first kappa shape index (κ1) is 15.1. The molecule has 0 spiro atoms. The molecule has 0 amide bonds. The van der Waals surface area contributed by atoms with Crippen LogP contribution in [-0.4, -0.2) is 30.7 Å². The summed E-state index contributed by atoms with van der Waals surface area (Å²) in [4.78, 5) is 11.8. The van der Waals surface area contributed by atoms with Gasteiger partial charge < -0.3 is 9.47 Å². The van der Waals surface area contributed by atoms with Gasteiger partial charge in [0.2, 0.25) is 5.90 Å². The maximum absolute atomic E-state index is 14.8. The summed E-state index contributed by atoms with van der Waals surface area (Å²) in [7, 11) is 0. The number of alkyl halides is 1. The summed E-state index contributed by atoms with van der Waals surface area (Å²) in [5.41, 5.74) is -1.98. The van der Waals surface area contributed by atoms with Gasteiger partial charge in [0, 0.05) is 6.42 Å². The molecule has 1 aromatic rings. The maximum atomic E-state index is 14.8. The van der Waals surface area contributed by atoms with Gasteiger partial charge in [-0.2, -0.15) is 0 Å². The number of rotatable bonds is 6. The highest BCUT2D eigenvalue weighted by atomic mass is 19.1. The van der Waals surface area contributed by atoms with Crippen molar-refractivity contribution in [2.45, 2.75) is 25.9 Å². The molecule has 4 nitrogen and oxygen atoms in total. The van der Waals surface area contributed by atoms with Crippen LogP contribution in [0.4, 0.5) is 4.39 Å². The van der Waals surface area contributed by atoms with Crippen LogP contribution in [0.1, 0.15) is 19.4 Å². The summed E-state index contributed by atoms with van der Waals surface area (Å²) in [6.07, 6.45) is -0.272. The number of benzene rings is 1. The SMILES string of the molecule is CCOC(=N)[C@@](F)(Cc1ccccc1)C(=O)OCC. The second kappa shape index (κ2) is 6.87. The van der Waals surface area contributed by atoms with E-state index in [2.05, 4.69) is 0 Å². The standard InChI is InChI=1S/C14H18FNO3/c1-3-18-12(16)14(15,13(17)19-4-2)10-11-8-6-5-7-9-11/h5-9,16H,3-4,10H2,1-2H3/t14-/m0/s1. The molecule has 0 aliphatic heterocycles. The number of nitrogens with one attached hydrogen (secondary N) is 1. The Labute approximate surface area is 112 Å². The molecule has 0 unspecified atom stereocenters. The molecule has 5 heteroatoms. The maximum Gasteiger partial charge on any atom is 0.354 e. The molecular weight excluding hydrogens is 249 g/mol. The lowest BCUT2D eigenvalue weighted by atomic mass is 9.96. The predicted octanol–water partition coefficient (Wildman–Crippen LogP) is 2.51. The van der Waals surface area contributed by atoms with E-state index >= 15 is 0 Å². The Balaban J connectivity index is 2.98. The van der Waals surface area contributed by atoms with Gasteiger partial charge >= 0.3 is 5.97 Å². The van der Waals surface area contributed by atoms with Crippen molar-refractivity contribution in [2.24, 2.45) is 0 Å². The Morgan fingerprint density at radius 1 is 1.21 bits per heavy atom. The van der Waals surface area contributed by atoms with Crippen LogP contribution in [0.25, 0.3) is 0 Å². The topological polar surface area (TPSA) is 59.4 Å². The Morgan fingerprint density at radius 3 is 2.32 bits per heavy atom. The number of hydrogen-bond donors (Lipinski definition) is 1. The van der Waals surface area contributed by atoms with Crippen molar-refractivity contribution in [3.63, 3.8) is 0 Å². The molecular formula is C14H18FNO3. The Kier molecular flexibility index (Phi) is 5.48. The highest BCUT2D eigenvalue weighted by Gasteiger charge is 2.47. The highest BCUT2D eigenvalue weighted by Crippen LogP contribution is 2.22.